The Bertz CT molecular complexity index is 627. The maximum atomic E-state index is 6.34. The van der Waals surface area contributed by atoms with Gasteiger partial charge in [0.1, 0.15) is 0 Å². The second-order valence-corrected chi connectivity index (χ2v) is 6.89. The molecular formula is C12H9BrCl2N2S. The van der Waals surface area contributed by atoms with E-state index < -0.39 is 0 Å². The molecule has 2 aromatic rings. The fourth-order valence-corrected chi connectivity index (χ4v) is 4.30. The van der Waals surface area contributed by atoms with E-state index in [1.165, 1.54) is 4.88 Å². The third kappa shape index (κ3) is 1.95. The summed E-state index contributed by atoms with van der Waals surface area (Å²) in [5, 5.41) is 1.82. The van der Waals surface area contributed by atoms with Crippen LogP contribution in [0.4, 0.5) is 5.13 Å². The van der Waals surface area contributed by atoms with Gasteiger partial charge >= 0.3 is 0 Å². The summed E-state index contributed by atoms with van der Waals surface area (Å²) in [5.41, 5.74) is 7.93. The van der Waals surface area contributed by atoms with Crippen LogP contribution in [-0.4, -0.2) is 4.98 Å². The van der Waals surface area contributed by atoms with Crippen LogP contribution in [0.1, 0.15) is 28.5 Å². The summed E-state index contributed by atoms with van der Waals surface area (Å²) in [4.78, 5) is 5.58. The van der Waals surface area contributed by atoms with E-state index in [1.807, 2.05) is 12.1 Å². The van der Waals surface area contributed by atoms with Gasteiger partial charge in [0.2, 0.25) is 0 Å². The molecule has 1 unspecified atom stereocenters. The predicted octanol–water partition coefficient (Wildman–Crippen LogP) is 4.87. The molecule has 0 aliphatic heterocycles. The zero-order chi connectivity index (χ0) is 12.9. The molecule has 0 amide bonds. The number of nitrogens with zero attached hydrogens (tertiary/aromatic N) is 1. The number of hydrogen-bond donors (Lipinski definition) is 1. The van der Waals surface area contributed by atoms with Crippen molar-refractivity contribution in [2.24, 2.45) is 0 Å². The summed E-state index contributed by atoms with van der Waals surface area (Å²) in [6.45, 7) is 0. The third-order valence-corrected chi connectivity index (χ3v) is 6.00. The van der Waals surface area contributed by atoms with Gasteiger partial charge in [-0.1, -0.05) is 29.3 Å². The molecule has 0 fully saturated rings. The predicted molar refractivity (Wildman–Crippen MR) is 80.9 cm³/mol. The summed E-state index contributed by atoms with van der Waals surface area (Å²) in [6, 6.07) is 3.96. The van der Waals surface area contributed by atoms with E-state index in [1.54, 1.807) is 11.3 Å². The molecule has 0 bridgehead atoms. The second-order valence-electron chi connectivity index (χ2n) is 4.22. The van der Waals surface area contributed by atoms with Gasteiger partial charge in [0.05, 0.1) is 15.7 Å². The number of thiazole rings is 1. The lowest BCUT2D eigenvalue weighted by molar-refractivity contribution is 0.790. The Morgan fingerprint density at radius 3 is 2.89 bits per heavy atom. The van der Waals surface area contributed by atoms with Gasteiger partial charge in [0, 0.05) is 15.3 Å². The maximum Gasteiger partial charge on any atom is 0.180 e. The molecular weight excluding hydrogens is 355 g/mol. The fraction of sp³-hybridized carbons (Fsp3) is 0.250. The van der Waals surface area contributed by atoms with Crippen LogP contribution in [0, 0.1) is 0 Å². The molecule has 1 aliphatic rings. The van der Waals surface area contributed by atoms with Gasteiger partial charge in [0.15, 0.2) is 5.13 Å². The van der Waals surface area contributed by atoms with Crippen molar-refractivity contribution in [1.29, 1.82) is 0 Å². The van der Waals surface area contributed by atoms with E-state index >= 15 is 0 Å². The summed E-state index contributed by atoms with van der Waals surface area (Å²) in [7, 11) is 0. The first-order valence-electron chi connectivity index (χ1n) is 5.46. The number of fused-ring (bicyclic) bond motifs is 1. The highest BCUT2D eigenvalue weighted by atomic mass is 79.9. The number of nitrogen functional groups attached to an aromatic ring is 1. The van der Waals surface area contributed by atoms with Crippen molar-refractivity contribution in [3.63, 3.8) is 0 Å². The Balaban J connectivity index is 2.10. The summed E-state index contributed by atoms with van der Waals surface area (Å²) >= 11 is 17.5. The average molecular weight is 364 g/mol. The van der Waals surface area contributed by atoms with Crippen LogP contribution in [0.2, 0.25) is 10.0 Å². The van der Waals surface area contributed by atoms with E-state index in [-0.39, 0.29) is 5.92 Å². The molecule has 1 aliphatic carbocycles. The first kappa shape index (κ1) is 12.7. The van der Waals surface area contributed by atoms with Crippen LogP contribution in [0.25, 0.3) is 0 Å². The van der Waals surface area contributed by atoms with E-state index in [2.05, 4.69) is 20.9 Å². The molecule has 1 heterocycles. The highest BCUT2D eigenvalue weighted by molar-refractivity contribution is 9.10. The minimum Gasteiger partial charge on any atom is -0.375 e. The Morgan fingerprint density at radius 2 is 2.11 bits per heavy atom. The molecule has 1 atom stereocenters. The first-order valence-corrected chi connectivity index (χ1v) is 7.83. The van der Waals surface area contributed by atoms with Crippen LogP contribution >= 0.6 is 50.5 Å². The number of hydrogen-bond acceptors (Lipinski definition) is 3. The molecule has 1 aromatic carbocycles. The van der Waals surface area contributed by atoms with Gasteiger partial charge in [0.25, 0.3) is 0 Å². The molecule has 18 heavy (non-hydrogen) atoms. The number of aryl methyl sites for hydroxylation is 1. The summed E-state index contributed by atoms with van der Waals surface area (Å²) in [6.07, 6.45) is 1.98. The molecule has 0 saturated heterocycles. The molecule has 94 valence electrons. The standard InChI is InChI=1S/C12H9BrCl2N2S/c13-7-3-1-5(9(14)10(7)15)6-2-4-8-11(6)18-12(16)17-8/h1,3,6H,2,4H2,(H2,16,17). The monoisotopic (exact) mass is 362 g/mol. The SMILES string of the molecule is Nc1nc2c(s1)C(c1ccc(Br)c(Cl)c1Cl)CC2. The molecule has 0 radical (unpaired) electrons. The smallest absolute Gasteiger partial charge is 0.180 e. The Kier molecular flexibility index (Phi) is 3.30. The lowest BCUT2D eigenvalue weighted by atomic mass is 9.98. The molecule has 2 N–H and O–H groups in total. The first-order chi connectivity index (χ1) is 8.58. The molecule has 0 saturated carbocycles. The summed E-state index contributed by atoms with van der Waals surface area (Å²) < 4.78 is 0.819. The number of rotatable bonds is 1. The zero-order valence-electron chi connectivity index (χ0n) is 9.21. The van der Waals surface area contributed by atoms with Crippen molar-refractivity contribution in [3.05, 3.63) is 42.8 Å². The highest BCUT2D eigenvalue weighted by Crippen LogP contribution is 2.46. The van der Waals surface area contributed by atoms with Gasteiger partial charge in [-0.25, -0.2) is 4.98 Å². The van der Waals surface area contributed by atoms with Crippen LogP contribution in [-0.2, 0) is 6.42 Å². The second kappa shape index (κ2) is 4.67. The van der Waals surface area contributed by atoms with Crippen molar-refractivity contribution < 1.29 is 0 Å². The summed E-state index contributed by atoms with van der Waals surface area (Å²) in [5.74, 6) is 0.271. The zero-order valence-corrected chi connectivity index (χ0v) is 13.1. The van der Waals surface area contributed by atoms with Gasteiger partial charge < -0.3 is 5.73 Å². The maximum absolute atomic E-state index is 6.34. The Hall–Kier alpha value is -0.290. The van der Waals surface area contributed by atoms with Crippen LogP contribution in [0.15, 0.2) is 16.6 Å². The lowest BCUT2D eigenvalue weighted by Crippen LogP contribution is -1.96. The Morgan fingerprint density at radius 1 is 1.33 bits per heavy atom. The van der Waals surface area contributed by atoms with Crippen molar-refractivity contribution in [2.45, 2.75) is 18.8 Å². The topological polar surface area (TPSA) is 38.9 Å². The minimum atomic E-state index is 0.271. The van der Waals surface area contributed by atoms with E-state index in [4.69, 9.17) is 28.9 Å². The van der Waals surface area contributed by atoms with Crippen molar-refractivity contribution in [1.82, 2.24) is 4.98 Å². The van der Waals surface area contributed by atoms with Gasteiger partial charge in [-0.2, -0.15) is 0 Å². The number of halogens is 3. The van der Waals surface area contributed by atoms with E-state index in [0.29, 0.717) is 15.2 Å². The minimum absolute atomic E-state index is 0.271. The molecule has 1 aromatic heterocycles. The van der Waals surface area contributed by atoms with Gasteiger partial charge in [-0.3, -0.25) is 0 Å². The molecule has 6 heteroatoms. The van der Waals surface area contributed by atoms with Crippen molar-refractivity contribution in [2.75, 3.05) is 5.73 Å². The average Bonchev–Trinajstić information content (AvgIpc) is 2.86. The van der Waals surface area contributed by atoms with E-state index in [0.717, 1.165) is 28.6 Å². The molecule has 3 rings (SSSR count). The third-order valence-electron chi connectivity index (χ3n) is 3.17. The normalized spacial score (nSPS) is 18.1. The van der Waals surface area contributed by atoms with E-state index in [9.17, 15) is 0 Å². The fourth-order valence-electron chi connectivity index (χ4n) is 2.35. The highest BCUT2D eigenvalue weighted by Gasteiger charge is 2.30. The molecule has 0 spiro atoms. The lowest BCUT2D eigenvalue weighted by Gasteiger charge is -2.13. The van der Waals surface area contributed by atoms with Crippen molar-refractivity contribution in [3.8, 4) is 0 Å². The van der Waals surface area contributed by atoms with Crippen LogP contribution < -0.4 is 5.73 Å². The quantitative estimate of drug-likeness (QED) is 0.734. The number of aromatic nitrogens is 1. The van der Waals surface area contributed by atoms with Crippen LogP contribution in [0.3, 0.4) is 0 Å². The largest absolute Gasteiger partial charge is 0.375 e. The molecule has 2 nitrogen and oxygen atoms in total. The van der Waals surface area contributed by atoms with Gasteiger partial charge in [-0.15, -0.1) is 11.3 Å². The number of benzene rings is 1. The van der Waals surface area contributed by atoms with Crippen LogP contribution in [0.5, 0.6) is 0 Å². The number of anilines is 1. The van der Waals surface area contributed by atoms with Crippen molar-refractivity contribution >= 4 is 55.6 Å². The van der Waals surface area contributed by atoms with Gasteiger partial charge in [-0.05, 0) is 40.4 Å². The number of nitrogens with two attached hydrogens (primary N) is 1. The Labute approximate surface area is 127 Å².